The minimum Gasteiger partial charge on any atom is -0.337 e. The summed E-state index contributed by atoms with van der Waals surface area (Å²) in [5, 5.41) is 4.22. The lowest BCUT2D eigenvalue weighted by Gasteiger charge is -2.38. The molecule has 0 bridgehead atoms. The summed E-state index contributed by atoms with van der Waals surface area (Å²) in [5.41, 5.74) is 0.829. The molecular weight excluding hydrogens is 350 g/mol. The van der Waals surface area contributed by atoms with Gasteiger partial charge in [0.05, 0.1) is 18.6 Å². The molecule has 3 aromatic heterocycles. The van der Waals surface area contributed by atoms with Crippen molar-refractivity contribution in [2.24, 2.45) is 0 Å². The zero-order valence-corrected chi connectivity index (χ0v) is 15.4. The number of amides is 1. The van der Waals surface area contributed by atoms with Gasteiger partial charge in [0.25, 0.3) is 5.91 Å². The number of carbonyl (C=O) groups excluding carboxylic acids is 1. The van der Waals surface area contributed by atoms with E-state index in [0.717, 1.165) is 31.9 Å². The SMILES string of the molecule is O=C1c2cccn2C2CN(Cc3cccs3)CC2N1Cc1cccs1. The second-order valence-electron chi connectivity index (χ2n) is 6.72. The van der Waals surface area contributed by atoms with E-state index in [4.69, 9.17) is 0 Å². The third-order valence-corrected chi connectivity index (χ3v) is 6.94. The van der Waals surface area contributed by atoms with E-state index in [2.05, 4.69) is 55.6 Å². The van der Waals surface area contributed by atoms with E-state index in [9.17, 15) is 4.79 Å². The van der Waals surface area contributed by atoms with E-state index in [0.29, 0.717) is 6.04 Å². The molecule has 5 rings (SSSR count). The quantitative estimate of drug-likeness (QED) is 0.702. The molecule has 1 fully saturated rings. The van der Waals surface area contributed by atoms with Crippen LogP contribution < -0.4 is 0 Å². The van der Waals surface area contributed by atoms with Gasteiger partial charge < -0.3 is 9.47 Å². The number of nitrogens with zero attached hydrogens (tertiary/aromatic N) is 3. The van der Waals surface area contributed by atoms with Crippen molar-refractivity contribution in [3.8, 4) is 0 Å². The van der Waals surface area contributed by atoms with Crippen LogP contribution in [-0.2, 0) is 13.1 Å². The van der Waals surface area contributed by atoms with Crippen molar-refractivity contribution in [3.05, 3.63) is 68.8 Å². The summed E-state index contributed by atoms with van der Waals surface area (Å²) < 4.78 is 2.20. The van der Waals surface area contributed by atoms with Crippen LogP contribution in [0.3, 0.4) is 0 Å². The fourth-order valence-corrected chi connectivity index (χ4v) is 5.55. The first-order chi connectivity index (χ1) is 12.3. The Morgan fingerprint density at radius 1 is 0.920 bits per heavy atom. The lowest BCUT2D eigenvalue weighted by Crippen LogP contribution is -2.49. The maximum atomic E-state index is 13.1. The normalized spacial score (nSPS) is 23.0. The van der Waals surface area contributed by atoms with Crippen LogP contribution >= 0.6 is 22.7 Å². The Bertz CT molecular complexity index is 869. The largest absolute Gasteiger partial charge is 0.337 e. The van der Waals surface area contributed by atoms with Crippen LogP contribution in [-0.4, -0.2) is 39.4 Å². The van der Waals surface area contributed by atoms with E-state index in [-0.39, 0.29) is 11.9 Å². The zero-order chi connectivity index (χ0) is 16.8. The molecule has 2 unspecified atom stereocenters. The number of aromatic nitrogens is 1. The lowest BCUT2D eigenvalue weighted by molar-refractivity contribution is 0.0559. The van der Waals surface area contributed by atoms with Gasteiger partial charge in [0, 0.05) is 35.6 Å². The highest BCUT2D eigenvalue weighted by Gasteiger charge is 2.44. The number of hydrogen-bond acceptors (Lipinski definition) is 4. The van der Waals surface area contributed by atoms with Crippen molar-refractivity contribution in [1.29, 1.82) is 0 Å². The first kappa shape index (κ1) is 15.4. The molecular formula is C19H19N3OS2. The zero-order valence-electron chi connectivity index (χ0n) is 13.7. The van der Waals surface area contributed by atoms with Gasteiger partial charge in [-0.05, 0) is 35.0 Å². The predicted octanol–water partition coefficient (Wildman–Crippen LogP) is 3.69. The first-order valence-electron chi connectivity index (χ1n) is 8.54. The molecule has 3 aromatic rings. The smallest absolute Gasteiger partial charge is 0.271 e. The highest BCUT2D eigenvalue weighted by molar-refractivity contribution is 7.10. The average molecular weight is 370 g/mol. The third-order valence-electron chi connectivity index (χ3n) is 5.22. The minimum atomic E-state index is 0.164. The van der Waals surface area contributed by atoms with Crippen LogP contribution in [0.4, 0.5) is 0 Å². The van der Waals surface area contributed by atoms with Crippen molar-refractivity contribution >= 4 is 28.6 Å². The maximum Gasteiger partial charge on any atom is 0.271 e. The molecule has 1 saturated heterocycles. The van der Waals surface area contributed by atoms with Gasteiger partial charge in [0.2, 0.25) is 0 Å². The van der Waals surface area contributed by atoms with Crippen LogP contribution in [0.15, 0.2) is 53.4 Å². The van der Waals surface area contributed by atoms with E-state index in [1.165, 1.54) is 9.75 Å². The van der Waals surface area contributed by atoms with Gasteiger partial charge in [-0.25, -0.2) is 0 Å². The van der Waals surface area contributed by atoms with Crippen LogP contribution in [0.5, 0.6) is 0 Å². The number of hydrogen-bond donors (Lipinski definition) is 0. The van der Waals surface area contributed by atoms with Gasteiger partial charge in [-0.1, -0.05) is 12.1 Å². The van der Waals surface area contributed by atoms with Gasteiger partial charge in [0.15, 0.2) is 0 Å². The van der Waals surface area contributed by atoms with Gasteiger partial charge in [0.1, 0.15) is 5.69 Å². The summed E-state index contributed by atoms with van der Waals surface area (Å²) in [6.45, 7) is 3.63. The van der Waals surface area contributed by atoms with Crippen LogP contribution in [0.25, 0.3) is 0 Å². The fraction of sp³-hybridized carbons (Fsp3) is 0.316. The molecule has 0 aromatic carbocycles. The van der Waals surface area contributed by atoms with Gasteiger partial charge >= 0.3 is 0 Å². The van der Waals surface area contributed by atoms with Gasteiger partial charge in [-0.2, -0.15) is 0 Å². The molecule has 5 heterocycles. The Morgan fingerprint density at radius 3 is 2.36 bits per heavy atom. The van der Waals surface area contributed by atoms with Gasteiger partial charge in [-0.15, -0.1) is 22.7 Å². The summed E-state index contributed by atoms with van der Waals surface area (Å²) in [5.74, 6) is 0.164. The first-order valence-corrected chi connectivity index (χ1v) is 10.3. The second-order valence-corrected chi connectivity index (χ2v) is 8.79. The lowest BCUT2D eigenvalue weighted by atomic mass is 10.1. The number of carbonyl (C=O) groups is 1. The van der Waals surface area contributed by atoms with Crippen molar-refractivity contribution < 1.29 is 4.79 Å². The molecule has 2 atom stereocenters. The number of fused-ring (bicyclic) bond motifs is 3. The van der Waals surface area contributed by atoms with Crippen LogP contribution in [0.1, 0.15) is 26.3 Å². The highest BCUT2D eigenvalue weighted by atomic mass is 32.1. The molecule has 128 valence electrons. The Morgan fingerprint density at radius 2 is 1.64 bits per heavy atom. The van der Waals surface area contributed by atoms with Gasteiger partial charge in [-0.3, -0.25) is 9.69 Å². The van der Waals surface area contributed by atoms with Crippen molar-refractivity contribution in [1.82, 2.24) is 14.4 Å². The molecule has 0 N–H and O–H groups in total. The molecule has 0 radical (unpaired) electrons. The van der Waals surface area contributed by atoms with Crippen LogP contribution in [0.2, 0.25) is 0 Å². The molecule has 25 heavy (non-hydrogen) atoms. The van der Waals surface area contributed by atoms with E-state index in [1.807, 2.05) is 23.5 Å². The van der Waals surface area contributed by atoms with E-state index < -0.39 is 0 Å². The van der Waals surface area contributed by atoms with Crippen molar-refractivity contribution in [2.45, 2.75) is 25.2 Å². The molecule has 0 aliphatic carbocycles. The summed E-state index contributed by atoms with van der Waals surface area (Å²) in [4.78, 5) is 20.3. The Balaban J connectivity index is 1.45. The Hall–Kier alpha value is -1.89. The Kier molecular flexibility index (Phi) is 3.77. The van der Waals surface area contributed by atoms with Crippen molar-refractivity contribution in [2.75, 3.05) is 13.1 Å². The molecule has 2 aliphatic rings. The summed E-state index contributed by atoms with van der Waals surface area (Å²) >= 11 is 3.54. The molecule has 4 nitrogen and oxygen atoms in total. The standard InChI is InChI=1S/C19H19N3OS2/c23-19-16-6-1-7-21(16)17-12-20(10-14-4-2-8-24-14)13-18(17)22(19)11-15-5-3-9-25-15/h1-9,17-18H,10-13H2. The molecule has 0 saturated carbocycles. The number of likely N-dealkylation sites (tertiary alicyclic amines) is 1. The fourth-order valence-electron chi connectivity index (χ4n) is 4.10. The Labute approximate surface area is 154 Å². The number of thiophene rings is 2. The maximum absolute atomic E-state index is 13.1. The van der Waals surface area contributed by atoms with Crippen molar-refractivity contribution in [3.63, 3.8) is 0 Å². The predicted molar refractivity (Wildman–Crippen MR) is 101 cm³/mol. The molecule has 6 heteroatoms. The third kappa shape index (κ3) is 2.65. The minimum absolute atomic E-state index is 0.164. The second kappa shape index (κ2) is 6.12. The molecule has 1 amide bonds. The summed E-state index contributed by atoms with van der Waals surface area (Å²) in [6, 6.07) is 13.0. The monoisotopic (exact) mass is 369 g/mol. The summed E-state index contributed by atoms with van der Waals surface area (Å²) in [6.07, 6.45) is 2.07. The molecule has 2 aliphatic heterocycles. The van der Waals surface area contributed by atoms with E-state index in [1.54, 1.807) is 11.3 Å². The highest BCUT2D eigenvalue weighted by Crippen LogP contribution is 2.35. The summed E-state index contributed by atoms with van der Waals surface area (Å²) in [7, 11) is 0. The van der Waals surface area contributed by atoms with Crippen LogP contribution in [0, 0.1) is 0 Å². The van der Waals surface area contributed by atoms with E-state index >= 15 is 0 Å². The molecule has 0 spiro atoms. The number of rotatable bonds is 4. The topological polar surface area (TPSA) is 28.5 Å². The average Bonchev–Trinajstić information content (AvgIpc) is 3.36.